The van der Waals surface area contributed by atoms with E-state index in [1.54, 1.807) is 0 Å². The molecule has 0 aliphatic rings. The first-order valence-corrected chi connectivity index (χ1v) is 4.32. The molecule has 0 atom stereocenters. The van der Waals surface area contributed by atoms with Crippen molar-refractivity contribution >= 4 is 11.7 Å². The summed E-state index contributed by atoms with van der Waals surface area (Å²) < 4.78 is 4.85. The molecule has 0 unspecified atom stereocenters. The van der Waals surface area contributed by atoms with Crippen LogP contribution in [0.25, 0.3) is 0 Å². The average molecular weight is 197 g/mol. The van der Waals surface area contributed by atoms with Gasteiger partial charge in [-0.2, -0.15) is 0 Å². The number of nitrogens with two attached hydrogens (primary N) is 1. The third kappa shape index (κ3) is 2.97. The lowest BCUT2D eigenvalue weighted by molar-refractivity contribution is 0.0696. The van der Waals surface area contributed by atoms with Crippen LogP contribution in [-0.2, 0) is 0 Å². The van der Waals surface area contributed by atoms with Gasteiger partial charge in [-0.1, -0.05) is 13.8 Å². The predicted molar refractivity (Wildman–Crippen MR) is 55.7 cm³/mol. The summed E-state index contributed by atoms with van der Waals surface area (Å²) in [5.41, 5.74) is 6.08. The van der Waals surface area contributed by atoms with Gasteiger partial charge in [0.05, 0.1) is 18.4 Å². The van der Waals surface area contributed by atoms with Gasteiger partial charge in [-0.25, -0.2) is 4.79 Å². The molecule has 0 saturated heterocycles. The van der Waals surface area contributed by atoms with Crippen LogP contribution in [-0.4, -0.2) is 18.2 Å². The molecule has 0 bridgehead atoms. The zero-order valence-electron chi connectivity index (χ0n) is 8.57. The molecule has 1 rings (SSSR count). The standard InChI is InChI=1S/C8H9NO3.C2H6/c1-12-7-4-5(8(10)11)2-3-6(7)9;1-2/h2-4H,9H2,1H3,(H,10,11);1-2H3. The number of benzene rings is 1. The smallest absolute Gasteiger partial charge is 0.335 e. The summed E-state index contributed by atoms with van der Waals surface area (Å²) in [4.78, 5) is 10.5. The van der Waals surface area contributed by atoms with E-state index in [2.05, 4.69) is 0 Å². The van der Waals surface area contributed by atoms with Gasteiger partial charge in [-0.15, -0.1) is 0 Å². The van der Waals surface area contributed by atoms with E-state index in [9.17, 15) is 4.79 Å². The summed E-state index contributed by atoms with van der Waals surface area (Å²) in [6.45, 7) is 4.00. The maximum absolute atomic E-state index is 10.5. The predicted octanol–water partition coefficient (Wildman–Crippen LogP) is 2.00. The Morgan fingerprint density at radius 2 is 2.00 bits per heavy atom. The number of carboxylic acids is 1. The summed E-state index contributed by atoms with van der Waals surface area (Å²) in [5, 5.41) is 8.60. The Morgan fingerprint density at radius 1 is 1.43 bits per heavy atom. The van der Waals surface area contributed by atoms with Crippen molar-refractivity contribution in [2.75, 3.05) is 12.8 Å². The molecule has 0 aliphatic carbocycles. The maximum atomic E-state index is 10.5. The molecule has 1 aromatic rings. The minimum absolute atomic E-state index is 0.168. The molecular formula is C10H15NO3. The highest BCUT2D eigenvalue weighted by atomic mass is 16.5. The molecule has 1 aromatic carbocycles. The van der Waals surface area contributed by atoms with Gasteiger partial charge >= 0.3 is 5.97 Å². The molecule has 0 fully saturated rings. The van der Waals surface area contributed by atoms with Crippen LogP contribution in [0.3, 0.4) is 0 Å². The first-order valence-electron chi connectivity index (χ1n) is 4.32. The van der Waals surface area contributed by atoms with Crippen molar-refractivity contribution in [1.82, 2.24) is 0 Å². The quantitative estimate of drug-likeness (QED) is 0.711. The van der Waals surface area contributed by atoms with Crippen LogP contribution >= 0.6 is 0 Å². The molecule has 0 amide bonds. The minimum Gasteiger partial charge on any atom is -0.495 e. The van der Waals surface area contributed by atoms with Gasteiger partial charge in [-0.3, -0.25) is 0 Å². The van der Waals surface area contributed by atoms with E-state index in [1.165, 1.54) is 25.3 Å². The molecule has 0 spiro atoms. The number of carbonyl (C=O) groups is 1. The van der Waals surface area contributed by atoms with Gasteiger partial charge in [0, 0.05) is 0 Å². The molecule has 0 aliphatic heterocycles. The second-order valence-electron chi connectivity index (χ2n) is 2.26. The Kier molecular flexibility index (Phi) is 5.14. The highest BCUT2D eigenvalue weighted by Gasteiger charge is 2.05. The summed E-state index contributed by atoms with van der Waals surface area (Å²) >= 11 is 0. The van der Waals surface area contributed by atoms with Gasteiger partial charge in [0.1, 0.15) is 5.75 Å². The first kappa shape index (κ1) is 12.3. The van der Waals surface area contributed by atoms with Crippen LogP contribution in [0.4, 0.5) is 5.69 Å². The zero-order chi connectivity index (χ0) is 11.1. The van der Waals surface area contributed by atoms with Crippen molar-refractivity contribution in [3.63, 3.8) is 0 Å². The first-order chi connectivity index (χ1) is 6.65. The number of hydrogen-bond donors (Lipinski definition) is 2. The lowest BCUT2D eigenvalue weighted by atomic mass is 10.2. The van der Waals surface area contributed by atoms with E-state index in [0.29, 0.717) is 11.4 Å². The van der Waals surface area contributed by atoms with E-state index in [4.69, 9.17) is 15.6 Å². The molecule has 3 N–H and O–H groups in total. The normalized spacial score (nSPS) is 8.50. The number of rotatable bonds is 2. The fourth-order valence-electron chi connectivity index (χ4n) is 0.844. The number of methoxy groups -OCH3 is 1. The van der Waals surface area contributed by atoms with Gasteiger partial charge < -0.3 is 15.6 Å². The van der Waals surface area contributed by atoms with Crippen molar-refractivity contribution in [1.29, 1.82) is 0 Å². The molecule has 0 heterocycles. The fraction of sp³-hybridized carbons (Fsp3) is 0.300. The van der Waals surface area contributed by atoms with Gasteiger partial charge in [-0.05, 0) is 18.2 Å². The molecule has 0 saturated carbocycles. The van der Waals surface area contributed by atoms with E-state index in [1.807, 2.05) is 13.8 Å². The minimum atomic E-state index is -0.992. The summed E-state index contributed by atoms with van der Waals surface area (Å²) in [5.74, 6) is -0.608. The Balaban J connectivity index is 0.000000791. The second-order valence-corrected chi connectivity index (χ2v) is 2.26. The molecular weight excluding hydrogens is 182 g/mol. The topological polar surface area (TPSA) is 72.5 Å². The molecule has 4 nitrogen and oxygen atoms in total. The van der Waals surface area contributed by atoms with Crippen LogP contribution in [0, 0.1) is 0 Å². The summed E-state index contributed by atoms with van der Waals surface area (Å²) in [6, 6.07) is 4.32. The Labute approximate surface area is 83.3 Å². The third-order valence-corrected chi connectivity index (χ3v) is 1.48. The van der Waals surface area contributed by atoms with Gasteiger partial charge in [0.2, 0.25) is 0 Å². The lowest BCUT2D eigenvalue weighted by Gasteiger charge is -2.03. The van der Waals surface area contributed by atoms with Crippen molar-refractivity contribution in [3.05, 3.63) is 23.8 Å². The number of carboxylic acid groups (broad SMARTS) is 1. The van der Waals surface area contributed by atoms with E-state index < -0.39 is 5.97 Å². The number of anilines is 1. The summed E-state index contributed by atoms with van der Waals surface area (Å²) in [7, 11) is 1.44. The van der Waals surface area contributed by atoms with Crippen molar-refractivity contribution in [2.24, 2.45) is 0 Å². The molecule has 14 heavy (non-hydrogen) atoms. The molecule has 78 valence electrons. The molecule has 4 heteroatoms. The lowest BCUT2D eigenvalue weighted by Crippen LogP contribution is -1.99. The Morgan fingerprint density at radius 3 is 2.43 bits per heavy atom. The fourth-order valence-corrected chi connectivity index (χ4v) is 0.844. The largest absolute Gasteiger partial charge is 0.495 e. The number of hydrogen-bond acceptors (Lipinski definition) is 3. The highest BCUT2D eigenvalue weighted by molar-refractivity contribution is 5.88. The SMILES string of the molecule is CC.COc1cc(C(=O)O)ccc1N. The number of ether oxygens (including phenoxy) is 1. The monoisotopic (exact) mass is 197 g/mol. The number of nitrogen functional groups attached to an aromatic ring is 1. The highest BCUT2D eigenvalue weighted by Crippen LogP contribution is 2.21. The van der Waals surface area contributed by atoms with Crippen LogP contribution in [0.1, 0.15) is 24.2 Å². The Bertz CT molecular complexity index is 310. The van der Waals surface area contributed by atoms with Crippen LogP contribution < -0.4 is 10.5 Å². The van der Waals surface area contributed by atoms with Crippen molar-refractivity contribution in [2.45, 2.75) is 13.8 Å². The van der Waals surface area contributed by atoms with Crippen molar-refractivity contribution < 1.29 is 14.6 Å². The van der Waals surface area contributed by atoms with Crippen molar-refractivity contribution in [3.8, 4) is 5.75 Å². The van der Waals surface area contributed by atoms with Gasteiger partial charge in [0.15, 0.2) is 0 Å². The van der Waals surface area contributed by atoms with Crippen LogP contribution in [0.5, 0.6) is 5.75 Å². The second kappa shape index (κ2) is 5.85. The molecule has 0 aromatic heterocycles. The van der Waals surface area contributed by atoms with E-state index >= 15 is 0 Å². The van der Waals surface area contributed by atoms with Gasteiger partial charge in [0.25, 0.3) is 0 Å². The van der Waals surface area contributed by atoms with Crippen LogP contribution in [0.2, 0.25) is 0 Å². The zero-order valence-corrected chi connectivity index (χ0v) is 8.57. The Hall–Kier alpha value is -1.71. The molecule has 0 radical (unpaired) electrons. The van der Waals surface area contributed by atoms with E-state index in [-0.39, 0.29) is 5.56 Å². The maximum Gasteiger partial charge on any atom is 0.335 e. The van der Waals surface area contributed by atoms with E-state index in [0.717, 1.165) is 0 Å². The van der Waals surface area contributed by atoms with Crippen LogP contribution in [0.15, 0.2) is 18.2 Å². The number of aromatic carboxylic acids is 1. The average Bonchev–Trinajstić information content (AvgIpc) is 2.21. The third-order valence-electron chi connectivity index (χ3n) is 1.48. The summed E-state index contributed by atoms with van der Waals surface area (Å²) in [6.07, 6.45) is 0.